The van der Waals surface area contributed by atoms with Crippen molar-refractivity contribution in [2.45, 2.75) is 13.3 Å². The molecule has 14 heavy (non-hydrogen) atoms. The van der Waals surface area contributed by atoms with E-state index in [9.17, 15) is 0 Å². The average Bonchev–Trinajstić information content (AvgIpc) is 2.19. The van der Waals surface area contributed by atoms with Gasteiger partial charge in [-0.2, -0.15) is 0 Å². The zero-order valence-corrected chi connectivity index (χ0v) is 9.66. The van der Waals surface area contributed by atoms with E-state index < -0.39 is 0 Å². The van der Waals surface area contributed by atoms with Gasteiger partial charge in [-0.1, -0.05) is 11.6 Å². The molecule has 0 fully saturated rings. The van der Waals surface area contributed by atoms with Crippen LogP contribution in [-0.4, -0.2) is 23.1 Å². The Bertz CT molecular complexity index is 345. The summed E-state index contributed by atoms with van der Waals surface area (Å²) in [6, 6.07) is 0. The van der Waals surface area contributed by atoms with E-state index in [1.54, 1.807) is 12.4 Å². The van der Waals surface area contributed by atoms with Crippen LogP contribution < -0.4 is 4.90 Å². The van der Waals surface area contributed by atoms with Gasteiger partial charge < -0.3 is 4.90 Å². The van der Waals surface area contributed by atoms with E-state index >= 15 is 0 Å². The van der Waals surface area contributed by atoms with Crippen LogP contribution >= 0.6 is 15.9 Å². The molecule has 0 N–H and O–H groups in total. The third-order valence-electron chi connectivity index (χ3n) is 2.22. The van der Waals surface area contributed by atoms with Crippen molar-refractivity contribution in [1.29, 1.82) is 0 Å². The molecule has 4 heteroatoms. The number of hydrogen-bond donors (Lipinski definition) is 0. The zero-order chi connectivity index (χ0) is 9.97. The predicted molar refractivity (Wildman–Crippen MR) is 60.3 cm³/mol. The molecule has 1 aromatic rings. The smallest absolute Gasteiger partial charge is 0.225 e. The molecule has 0 unspecified atom stereocenters. The monoisotopic (exact) mass is 253 g/mol. The molecule has 0 aromatic carbocycles. The Kier molecular flexibility index (Phi) is 2.82. The van der Waals surface area contributed by atoms with Gasteiger partial charge in [0.05, 0.1) is 4.47 Å². The standard InChI is InChI=1S/C10H12BrN3/c1-8-3-2-4-14(7-8)10-12-5-9(11)6-13-10/h3,5-6H,2,4,7H2,1H3. The molecule has 2 heterocycles. The number of rotatable bonds is 1. The number of halogens is 1. The maximum absolute atomic E-state index is 4.28. The molecule has 1 aliphatic rings. The van der Waals surface area contributed by atoms with E-state index in [1.165, 1.54) is 5.57 Å². The molecule has 0 amide bonds. The van der Waals surface area contributed by atoms with Gasteiger partial charge in [0.2, 0.25) is 5.95 Å². The Hall–Kier alpha value is -0.900. The highest BCUT2D eigenvalue weighted by molar-refractivity contribution is 9.10. The second kappa shape index (κ2) is 4.09. The predicted octanol–water partition coefficient (Wildman–Crippen LogP) is 2.40. The second-order valence-corrected chi connectivity index (χ2v) is 4.38. The van der Waals surface area contributed by atoms with Crippen LogP contribution in [0.3, 0.4) is 0 Å². The van der Waals surface area contributed by atoms with Crippen molar-refractivity contribution >= 4 is 21.9 Å². The first kappa shape index (κ1) is 9.65. The summed E-state index contributed by atoms with van der Waals surface area (Å²) in [6.07, 6.45) is 6.94. The Balaban J connectivity index is 2.16. The van der Waals surface area contributed by atoms with Gasteiger partial charge in [-0.25, -0.2) is 9.97 Å². The maximum atomic E-state index is 4.28. The zero-order valence-electron chi connectivity index (χ0n) is 8.07. The van der Waals surface area contributed by atoms with Gasteiger partial charge in [-0.15, -0.1) is 0 Å². The lowest BCUT2D eigenvalue weighted by Gasteiger charge is -2.25. The molecule has 3 nitrogen and oxygen atoms in total. The summed E-state index contributed by atoms with van der Waals surface area (Å²) in [6.45, 7) is 4.10. The fourth-order valence-corrected chi connectivity index (χ4v) is 1.76. The van der Waals surface area contributed by atoms with E-state index in [-0.39, 0.29) is 0 Å². The number of nitrogens with zero attached hydrogens (tertiary/aromatic N) is 3. The fourth-order valence-electron chi connectivity index (χ4n) is 1.55. The summed E-state index contributed by atoms with van der Waals surface area (Å²) in [5.74, 6) is 0.820. The summed E-state index contributed by atoms with van der Waals surface area (Å²) in [4.78, 5) is 10.8. The molecule has 0 aliphatic carbocycles. The van der Waals surface area contributed by atoms with Crippen molar-refractivity contribution in [3.63, 3.8) is 0 Å². The first-order chi connectivity index (χ1) is 6.75. The summed E-state index contributed by atoms with van der Waals surface area (Å²) >= 11 is 3.33. The van der Waals surface area contributed by atoms with E-state index in [2.05, 4.69) is 43.8 Å². The van der Waals surface area contributed by atoms with Crippen LogP contribution in [0.25, 0.3) is 0 Å². The molecule has 1 aromatic heterocycles. The summed E-state index contributed by atoms with van der Waals surface area (Å²) in [7, 11) is 0. The van der Waals surface area contributed by atoms with Crippen LogP contribution in [-0.2, 0) is 0 Å². The highest BCUT2D eigenvalue weighted by atomic mass is 79.9. The maximum Gasteiger partial charge on any atom is 0.225 e. The summed E-state index contributed by atoms with van der Waals surface area (Å²) < 4.78 is 0.922. The normalized spacial score (nSPS) is 16.7. The van der Waals surface area contributed by atoms with E-state index in [0.29, 0.717) is 0 Å². The third-order valence-corrected chi connectivity index (χ3v) is 2.63. The van der Waals surface area contributed by atoms with E-state index in [1.807, 2.05) is 0 Å². The molecule has 0 saturated heterocycles. The van der Waals surface area contributed by atoms with Crippen molar-refractivity contribution in [2.75, 3.05) is 18.0 Å². The SMILES string of the molecule is CC1=CCCN(c2ncc(Br)cn2)C1. The molecule has 2 rings (SSSR count). The van der Waals surface area contributed by atoms with Crippen LogP contribution in [0, 0.1) is 0 Å². The lowest BCUT2D eigenvalue weighted by atomic mass is 10.1. The Morgan fingerprint density at radius 3 is 2.71 bits per heavy atom. The minimum Gasteiger partial charge on any atom is -0.337 e. The Morgan fingerprint density at radius 1 is 1.36 bits per heavy atom. The molecule has 0 spiro atoms. The quantitative estimate of drug-likeness (QED) is 0.720. The number of hydrogen-bond acceptors (Lipinski definition) is 3. The van der Waals surface area contributed by atoms with Crippen LogP contribution in [0.15, 0.2) is 28.5 Å². The van der Waals surface area contributed by atoms with Crippen molar-refractivity contribution in [3.05, 3.63) is 28.5 Å². The minimum absolute atomic E-state index is 0.820. The van der Waals surface area contributed by atoms with Crippen LogP contribution in [0.2, 0.25) is 0 Å². The van der Waals surface area contributed by atoms with Crippen LogP contribution in [0.5, 0.6) is 0 Å². The lowest BCUT2D eigenvalue weighted by Crippen LogP contribution is -2.30. The topological polar surface area (TPSA) is 29.0 Å². The van der Waals surface area contributed by atoms with Crippen molar-refractivity contribution < 1.29 is 0 Å². The highest BCUT2D eigenvalue weighted by Gasteiger charge is 2.12. The molecule has 74 valence electrons. The molecule has 0 radical (unpaired) electrons. The molecule has 0 atom stereocenters. The number of anilines is 1. The molecule has 1 aliphatic heterocycles. The van der Waals surface area contributed by atoms with Crippen LogP contribution in [0.1, 0.15) is 13.3 Å². The van der Waals surface area contributed by atoms with Gasteiger partial charge in [0.1, 0.15) is 0 Å². The van der Waals surface area contributed by atoms with Crippen molar-refractivity contribution in [3.8, 4) is 0 Å². The largest absolute Gasteiger partial charge is 0.337 e. The second-order valence-electron chi connectivity index (χ2n) is 3.46. The van der Waals surface area contributed by atoms with E-state index in [0.717, 1.165) is 29.9 Å². The van der Waals surface area contributed by atoms with E-state index in [4.69, 9.17) is 0 Å². The van der Waals surface area contributed by atoms with Crippen molar-refractivity contribution in [2.24, 2.45) is 0 Å². The summed E-state index contributed by atoms with van der Waals surface area (Å²) in [5.41, 5.74) is 1.39. The molecule has 0 saturated carbocycles. The first-order valence-corrected chi connectivity index (χ1v) is 5.43. The third kappa shape index (κ3) is 2.12. The summed E-state index contributed by atoms with van der Waals surface area (Å²) in [5, 5.41) is 0. The highest BCUT2D eigenvalue weighted by Crippen LogP contribution is 2.16. The van der Waals surface area contributed by atoms with Gasteiger partial charge in [0.25, 0.3) is 0 Å². The Morgan fingerprint density at radius 2 is 2.07 bits per heavy atom. The van der Waals surface area contributed by atoms with Crippen LogP contribution in [0.4, 0.5) is 5.95 Å². The van der Waals surface area contributed by atoms with Gasteiger partial charge in [-0.05, 0) is 29.3 Å². The van der Waals surface area contributed by atoms with Crippen molar-refractivity contribution in [1.82, 2.24) is 9.97 Å². The Labute approximate surface area is 92.0 Å². The van der Waals surface area contributed by atoms with Gasteiger partial charge >= 0.3 is 0 Å². The molecular formula is C10H12BrN3. The lowest BCUT2D eigenvalue weighted by molar-refractivity contribution is 0.761. The van der Waals surface area contributed by atoms with Gasteiger partial charge in [0.15, 0.2) is 0 Å². The molecular weight excluding hydrogens is 242 g/mol. The minimum atomic E-state index is 0.820. The first-order valence-electron chi connectivity index (χ1n) is 4.64. The number of aromatic nitrogens is 2. The van der Waals surface area contributed by atoms with Gasteiger partial charge in [-0.3, -0.25) is 0 Å². The average molecular weight is 254 g/mol. The molecule has 0 bridgehead atoms. The fraction of sp³-hybridized carbons (Fsp3) is 0.400. The van der Waals surface area contributed by atoms with Gasteiger partial charge in [0, 0.05) is 25.5 Å².